The van der Waals surface area contributed by atoms with Gasteiger partial charge in [-0.25, -0.2) is 13.1 Å². The Morgan fingerprint density at radius 3 is 2.81 bits per heavy atom. The first kappa shape index (κ1) is 19.5. The molecule has 0 saturated carbocycles. The molecule has 2 N–H and O–H groups in total. The number of hydrogen-bond donors (Lipinski definition) is 2. The Balaban J connectivity index is 1.67. The highest BCUT2D eigenvalue weighted by molar-refractivity contribution is 7.89. The van der Waals surface area contributed by atoms with E-state index in [1.165, 1.54) is 19.2 Å². The molecule has 1 unspecified atom stereocenters. The van der Waals surface area contributed by atoms with Gasteiger partial charge in [0.05, 0.1) is 12.8 Å². The first-order valence-corrected chi connectivity index (χ1v) is 10.1. The number of sulfonamides is 1. The third-order valence-corrected chi connectivity index (χ3v) is 5.87. The minimum Gasteiger partial charge on any atom is -0.495 e. The summed E-state index contributed by atoms with van der Waals surface area (Å²) in [4.78, 5) is 14.4. The zero-order valence-corrected chi connectivity index (χ0v) is 16.4. The summed E-state index contributed by atoms with van der Waals surface area (Å²) < 4.78 is 36.1. The summed E-state index contributed by atoms with van der Waals surface area (Å²) >= 11 is 6.09. The first-order valence-electron chi connectivity index (χ1n) is 8.27. The maximum absolute atomic E-state index is 12.4. The summed E-state index contributed by atoms with van der Waals surface area (Å²) in [5, 5.41) is 3.17. The van der Waals surface area contributed by atoms with Gasteiger partial charge in [-0.05, 0) is 43.8 Å². The van der Waals surface area contributed by atoms with Crippen LogP contribution in [0.2, 0.25) is 5.02 Å². The lowest BCUT2D eigenvalue weighted by atomic mass is 10.2. The van der Waals surface area contributed by atoms with Crippen LogP contribution in [0.1, 0.15) is 17.0 Å². The van der Waals surface area contributed by atoms with Crippen molar-refractivity contribution in [3.8, 4) is 5.75 Å². The number of nitrogens with zero attached hydrogens (tertiary/aromatic N) is 1. The lowest BCUT2D eigenvalue weighted by Crippen LogP contribution is -2.37. The molecule has 3 rings (SSSR count). The Morgan fingerprint density at radius 2 is 2.11 bits per heavy atom. The van der Waals surface area contributed by atoms with Gasteiger partial charge in [0, 0.05) is 24.2 Å². The van der Waals surface area contributed by atoms with Crippen LogP contribution in [0, 0.1) is 0 Å². The fourth-order valence-electron chi connectivity index (χ4n) is 2.95. The number of rotatable bonds is 6. The highest BCUT2D eigenvalue weighted by atomic mass is 35.5. The van der Waals surface area contributed by atoms with Crippen molar-refractivity contribution in [1.82, 2.24) is 10.0 Å². The molecule has 10 heteroatoms. The molecular weight excluding hydrogens is 394 g/mol. The summed E-state index contributed by atoms with van der Waals surface area (Å²) in [7, 11) is -0.860. The summed E-state index contributed by atoms with van der Waals surface area (Å²) in [5.74, 6) is 0.194. The quantitative estimate of drug-likeness (QED) is 0.749. The highest BCUT2D eigenvalue weighted by Gasteiger charge is 2.28. The van der Waals surface area contributed by atoms with Crippen molar-refractivity contribution in [2.75, 3.05) is 32.1 Å². The van der Waals surface area contributed by atoms with E-state index < -0.39 is 15.9 Å². The molecule has 1 aromatic carbocycles. The second-order valence-corrected chi connectivity index (χ2v) is 8.30. The Morgan fingerprint density at radius 1 is 1.33 bits per heavy atom. The topological polar surface area (TPSA) is 101 Å². The average Bonchev–Trinajstić information content (AvgIpc) is 3.31. The van der Waals surface area contributed by atoms with Crippen LogP contribution in [0.15, 0.2) is 39.8 Å². The summed E-state index contributed by atoms with van der Waals surface area (Å²) in [6.45, 7) is 1.30. The van der Waals surface area contributed by atoms with Crippen molar-refractivity contribution in [2.24, 2.45) is 0 Å². The third kappa shape index (κ3) is 4.20. The van der Waals surface area contributed by atoms with Crippen LogP contribution < -0.4 is 19.7 Å². The van der Waals surface area contributed by atoms with E-state index in [1.807, 2.05) is 6.07 Å². The number of nitrogens with one attached hydrogen (secondary N) is 2. The van der Waals surface area contributed by atoms with Crippen molar-refractivity contribution in [3.05, 3.63) is 41.1 Å². The number of halogens is 1. The SMILES string of the molecule is CNS(=O)(=O)c1ccc(C(=O)NC2CCN(c3cc(Cl)ccc3OC)C2)o1. The number of anilines is 1. The molecule has 1 amide bonds. The van der Waals surface area contributed by atoms with Crippen LogP contribution in [0.5, 0.6) is 5.75 Å². The molecule has 1 fully saturated rings. The molecule has 1 atom stereocenters. The van der Waals surface area contributed by atoms with Gasteiger partial charge in [0.1, 0.15) is 5.75 Å². The van der Waals surface area contributed by atoms with Gasteiger partial charge in [-0.2, -0.15) is 0 Å². The molecule has 1 aliphatic rings. The molecule has 146 valence electrons. The van der Waals surface area contributed by atoms with Crippen molar-refractivity contribution in [2.45, 2.75) is 17.6 Å². The fraction of sp³-hybridized carbons (Fsp3) is 0.353. The second-order valence-electron chi connectivity index (χ2n) is 6.05. The number of furan rings is 1. The fourth-order valence-corrected chi connectivity index (χ4v) is 3.77. The number of hydrogen-bond acceptors (Lipinski definition) is 6. The van der Waals surface area contributed by atoms with E-state index in [4.69, 9.17) is 20.8 Å². The maximum Gasteiger partial charge on any atom is 0.287 e. The van der Waals surface area contributed by atoms with Crippen LogP contribution in [-0.2, 0) is 10.0 Å². The van der Waals surface area contributed by atoms with Crippen LogP contribution in [0.25, 0.3) is 0 Å². The molecule has 0 aliphatic carbocycles. The summed E-state index contributed by atoms with van der Waals surface area (Å²) in [6, 6.07) is 7.86. The van der Waals surface area contributed by atoms with Crippen LogP contribution in [0.3, 0.4) is 0 Å². The van der Waals surface area contributed by atoms with Gasteiger partial charge in [0.2, 0.25) is 5.09 Å². The lowest BCUT2D eigenvalue weighted by Gasteiger charge is -2.21. The standard InChI is InChI=1S/C17H20ClN3O5S/c1-19-27(23,24)16-6-5-15(26-16)17(22)20-12-7-8-21(10-12)13-9-11(18)3-4-14(13)25-2/h3-6,9,12,19H,7-8,10H2,1-2H3,(H,20,22). The number of ether oxygens (including phenoxy) is 1. The highest BCUT2D eigenvalue weighted by Crippen LogP contribution is 2.33. The van der Waals surface area contributed by atoms with Gasteiger partial charge in [0.25, 0.3) is 15.9 Å². The van der Waals surface area contributed by atoms with Gasteiger partial charge in [-0.3, -0.25) is 4.79 Å². The van der Waals surface area contributed by atoms with E-state index in [0.29, 0.717) is 17.3 Å². The molecule has 1 saturated heterocycles. The van der Waals surface area contributed by atoms with Gasteiger partial charge >= 0.3 is 0 Å². The van der Waals surface area contributed by atoms with Gasteiger partial charge in [-0.15, -0.1) is 0 Å². The minimum atomic E-state index is -3.73. The number of carbonyl (C=O) groups excluding carboxylic acids is 1. The molecule has 27 heavy (non-hydrogen) atoms. The zero-order valence-electron chi connectivity index (χ0n) is 14.9. The second kappa shape index (κ2) is 7.79. The average molecular weight is 414 g/mol. The Hall–Kier alpha value is -2.23. The number of carbonyl (C=O) groups is 1. The van der Waals surface area contributed by atoms with Crippen LogP contribution in [-0.4, -0.2) is 47.6 Å². The lowest BCUT2D eigenvalue weighted by molar-refractivity contribution is 0.0907. The Bertz CT molecular complexity index is 944. The van der Waals surface area contributed by atoms with Gasteiger partial charge in [-0.1, -0.05) is 11.6 Å². The smallest absolute Gasteiger partial charge is 0.287 e. The molecule has 8 nitrogen and oxygen atoms in total. The third-order valence-electron chi connectivity index (χ3n) is 4.34. The Labute approximate surface area is 162 Å². The summed E-state index contributed by atoms with van der Waals surface area (Å²) in [6.07, 6.45) is 0.726. The van der Waals surface area contributed by atoms with Gasteiger partial charge in [0.15, 0.2) is 5.76 Å². The first-order chi connectivity index (χ1) is 12.8. The molecule has 1 aromatic heterocycles. The van der Waals surface area contributed by atoms with Crippen molar-refractivity contribution in [1.29, 1.82) is 0 Å². The number of methoxy groups -OCH3 is 1. The van der Waals surface area contributed by atoms with E-state index in [2.05, 4.69) is 14.9 Å². The largest absolute Gasteiger partial charge is 0.495 e. The van der Waals surface area contributed by atoms with E-state index in [-0.39, 0.29) is 16.9 Å². The molecule has 0 spiro atoms. The molecule has 1 aliphatic heterocycles. The molecular formula is C17H20ClN3O5S. The van der Waals surface area contributed by atoms with Crippen molar-refractivity contribution >= 4 is 33.2 Å². The Kier molecular flexibility index (Phi) is 5.64. The van der Waals surface area contributed by atoms with Crippen LogP contribution in [0.4, 0.5) is 5.69 Å². The normalized spacial score (nSPS) is 17.1. The van der Waals surface area contributed by atoms with Crippen molar-refractivity contribution in [3.63, 3.8) is 0 Å². The zero-order chi connectivity index (χ0) is 19.6. The number of amides is 1. The minimum absolute atomic E-state index is 0.0531. The van der Waals surface area contributed by atoms with E-state index in [1.54, 1.807) is 19.2 Å². The maximum atomic E-state index is 12.4. The molecule has 2 heterocycles. The molecule has 0 radical (unpaired) electrons. The van der Waals surface area contributed by atoms with E-state index in [9.17, 15) is 13.2 Å². The van der Waals surface area contributed by atoms with Crippen LogP contribution >= 0.6 is 11.6 Å². The van der Waals surface area contributed by atoms with E-state index >= 15 is 0 Å². The molecule has 0 bridgehead atoms. The summed E-state index contributed by atoms with van der Waals surface area (Å²) in [5.41, 5.74) is 0.863. The van der Waals surface area contributed by atoms with Crippen molar-refractivity contribution < 1.29 is 22.4 Å². The predicted octanol–water partition coefficient (Wildman–Crippen LogP) is 1.86. The van der Waals surface area contributed by atoms with E-state index in [0.717, 1.165) is 18.7 Å². The molecule has 2 aromatic rings. The van der Waals surface area contributed by atoms with Gasteiger partial charge < -0.3 is 19.4 Å². The predicted molar refractivity (Wildman–Crippen MR) is 101 cm³/mol. The monoisotopic (exact) mass is 413 g/mol. The number of benzene rings is 1.